The number of methoxy groups -OCH3 is 9. The van der Waals surface area contributed by atoms with Crippen molar-refractivity contribution in [3.8, 4) is 5.75 Å². The first-order valence-corrected chi connectivity index (χ1v) is 18.2. The lowest BCUT2D eigenvalue weighted by molar-refractivity contribution is -0.374. The van der Waals surface area contributed by atoms with Gasteiger partial charge in [-0.3, -0.25) is 19.2 Å². The fourth-order valence-electron chi connectivity index (χ4n) is 7.70. The first-order valence-electron chi connectivity index (χ1n) is 18.2. The maximum atomic E-state index is 13.1. The van der Waals surface area contributed by atoms with Gasteiger partial charge >= 0.3 is 0 Å². The Morgan fingerprint density at radius 1 is 0.607 bits per heavy atom. The van der Waals surface area contributed by atoms with Crippen LogP contribution in [-0.4, -0.2) is 181 Å². The Labute approximate surface area is 325 Å². The zero-order chi connectivity index (χ0) is 41.3. The molecule has 3 saturated heterocycles. The lowest BCUT2D eigenvalue weighted by Crippen LogP contribution is -2.69. The van der Waals surface area contributed by atoms with Gasteiger partial charge in [-0.05, 0) is 13.3 Å². The fourth-order valence-corrected chi connectivity index (χ4v) is 7.70. The molecule has 3 aliphatic heterocycles. The second-order valence-corrected chi connectivity index (χ2v) is 13.6. The lowest BCUT2D eigenvalue weighted by atomic mass is 9.94. The van der Waals surface area contributed by atoms with Gasteiger partial charge in [0.05, 0.1) is 38.0 Å². The summed E-state index contributed by atoms with van der Waals surface area (Å²) in [5.74, 6) is -0.769. The molecule has 3 heterocycles. The highest BCUT2D eigenvalue weighted by molar-refractivity contribution is 5.76. The molecule has 0 aliphatic carbocycles. The third kappa shape index (κ3) is 9.93. The predicted octanol–water partition coefficient (Wildman–Crippen LogP) is -1.81. The predicted molar refractivity (Wildman–Crippen MR) is 192 cm³/mol. The second kappa shape index (κ2) is 21.3. The van der Waals surface area contributed by atoms with Crippen molar-refractivity contribution in [3.05, 3.63) is 26.0 Å². The van der Waals surface area contributed by atoms with Crippen molar-refractivity contribution in [2.45, 2.75) is 119 Å². The zero-order valence-corrected chi connectivity index (χ0v) is 33.8. The Morgan fingerprint density at radius 2 is 1.11 bits per heavy atom. The largest absolute Gasteiger partial charge is 0.492 e. The van der Waals surface area contributed by atoms with E-state index in [2.05, 4.69) is 10.6 Å². The van der Waals surface area contributed by atoms with Crippen LogP contribution in [0.25, 0.3) is 0 Å². The van der Waals surface area contributed by atoms with Crippen LogP contribution in [0.2, 0.25) is 0 Å². The van der Waals surface area contributed by atoms with E-state index in [-0.39, 0.29) is 43.3 Å². The summed E-state index contributed by atoms with van der Waals surface area (Å²) < 4.78 is 83.7. The summed E-state index contributed by atoms with van der Waals surface area (Å²) in [5, 5.41) is 5.67. The average molecular weight is 807 g/mol. The Kier molecular flexibility index (Phi) is 17.5. The van der Waals surface area contributed by atoms with Crippen molar-refractivity contribution in [2.75, 3.05) is 77.2 Å². The molecule has 2 amide bonds. The molecule has 1 aromatic carbocycles. The minimum Gasteiger partial charge on any atom is -0.492 e. The zero-order valence-electron chi connectivity index (χ0n) is 33.8. The SMILES string of the molecule is COCC1OC(NC(=O)CCc2c(OC)c(=O)c2=O)C(OC)C(OC)C1OC1OC(COC)C(OC2OC(C)C(NC(C)=O)C(OC)C2OC)C(OC)C1OC. The van der Waals surface area contributed by atoms with E-state index < -0.39 is 109 Å². The molecule has 3 aliphatic rings. The highest BCUT2D eigenvalue weighted by Crippen LogP contribution is 2.36. The molecule has 15 atom stereocenters. The van der Waals surface area contributed by atoms with Gasteiger partial charge in [0, 0.05) is 70.2 Å². The monoisotopic (exact) mass is 806 g/mol. The first kappa shape index (κ1) is 46.0. The minimum atomic E-state index is -1.12. The molecule has 3 fully saturated rings. The lowest BCUT2D eigenvalue weighted by Gasteiger charge is -2.51. The normalized spacial score (nSPS) is 36.3. The van der Waals surface area contributed by atoms with Crippen LogP contribution in [0.1, 0.15) is 25.8 Å². The van der Waals surface area contributed by atoms with Crippen LogP contribution < -0.4 is 26.2 Å². The highest BCUT2D eigenvalue weighted by atomic mass is 16.8. The molecule has 0 aromatic heterocycles. The molecule has 15 unspecified atom stereocenters. The molecule has 1 aromatic rings. The molecule has 20 heteroatoms. The second-order valence-electron chi connectivity index (χ2n) is 13.6. The van der Waals surface area contributed by atoms with Gasteiger partial charge in [-0.2, -0.15) is 0 Å². The van der Waals surface area contributed by atoms with Gasteiger partial charge in [0.1, 0.15) is 61.0 Å². The van der Waals surface area contributed by atoms with Crippen LogP contribution in [0, 0.1) is 0 Å². The van der Waals surface area contributed by atoms with Crippen LogP contribution in [0.4, 0.5) is 0 Å². The van der Waals surface area contributed by atoms with Gasteiger partial charge in [-0.25, -0.2) is 0 Å². The topological polar surface area (TPSA) is 222 Å². The van der Waals surface area contributed by atoms with Crippen molar-refractivity contribution in [1.29, 1.82) is 0 Å². The Balaban J connectivity index is 1.55. The molecule has 0 spiro atoms. The maximum Gasteiger partial charge on any atom is 0.268 e. The molecule has 0 saturated carbocycles. The number of carbonyl (C=O) groups excluding carboxylic acids is 2. The molecule has 20 nitrogen and oxygen atoms in total. The quantitative estimate of drug-likeness (QED) is 0.139. The van der Waals surface area contributed by atoms with Gasteiger partial charge in [0.15, 0.2) is 24.6 Å². The first-order chi connectivity index (χ1) is 26.9. The number of ether oxygens (including phenoxy) is 14. The smallest absolute Gasteiger partial charge is 0.268 e. The molecular formula is C36H58N2O18. The Hall–Kier alpha value is -2.70. The van der Waals surface area contributed by atoms with Gasteiger partial charge in [-0.1, -0.05) is 0 Å². The summed E-state index contributed by atoms with van der Waals surface area (Å²) in [6.45, 7) is 3.25. The molecule has 0 radical (unpaired) electrons. The van der Waals surface area contributed by atoms with Crippen LogP contribution in [0.3, 0.4) is 0 Å². The summed E-state index contributed by atoms with van der Waals surface area (Å²) in [4.78, 5) is 48.8. The van der Waals surface area contributed by atoms with Crippen molar-refractivity contribution < 1.29 is 75.9 Å². The maximum absolute atomic E-state index is 13.1. The molecule has 56 heavy (non-hydrogen) atoms. The summed E-state index contributed by atoms with van der Waals surface area (Å²) in [6, 6.07) is -0.524. The van der Waals surface area contributed by atoms with E-state index in [4.69, 9.17) is 66.3 Å². The van der Waals surface area contributed by atoms with Crippen LogP contribution in [-0.2, 0) is 77.6 Å². The minimum absolute atomic E-state index is 0.00108. The molecule has 2 N–H and O–H groups in total. The number of nitrogens with one attached hydrogen (secondary N) is 2. The molecule has 4 rings (SSSR count). The summed E-state index contributed by atoms with van der Waals surface area (Å²) in [7, 11) is 13.2. The number of hydrogen-bond donors (Lipinski definition) is 2. The molecular weight excluding hydrogens is 748 g/mol. The highest BCUT2D eigenvalue weighted by Gasteiger charge is 2.55. The number of amides is 2. The van der Waals surface area contributed by atoms with E-state index in [1.54, 1.807) is 6.92 Å². The van der Waals surface area contributed by atoms with E-state index in [1.807, 2.05) is 0 Å². The number of rotatable bonds is 20. The Bertz CT molecular complexity index is 1470. The summed E-state index contributed by atoms with van der Waals surface area (Å²) in [5.41, 5.74) is -1.23. The number of hydrogen-bond acceptors (Lipinski definition) is 18. The average Bonchev–Trinajstić information content (AvgIpc) is 3.17. The van der Waals surface area contributed by atoms with E-state index >= 15 is 0 Å². The molecule has 0 bridgehead atoms. The third-order valence-electron chi connectivity index (χ3n) is 10.3. The third-order valence-corrected chi connectivity index (χ3v) is 10.3. The van der Waals surface area contributed by atoms with E-state index in [9.17, 15) is 19.2 Å². The van der Waals surface area contributed by atoms with Crippen LogP contribution >= 0.6 is 0 Å². The van der Waals surface area contributed by atoms with Crippen molar-refractivity contribution in [2.24, 2.45) is 0 Å². The fraction of sp³-hybridized carbons (Fsp3) is 0.833. The van der Waals surface area contributed by atoms with Gasteiger partial charge in [-0.15, -0.1) is 0 Å². The standard InChI is InChI=1S/C36H58N2O18/c1-16-22(37-17(2)39)28(46-6)32(50-10)35(52-16)55-27-20(15-44-4)54-36(33(51-11)30(27)48-8)56-26-19(14-43-3)53-34(31(49-9)29(26)47-7)38-21(40)13-12-18-23(41)24(42)25(18)45-5/h16,19-20,22,26-36H,12-15H2,1-11H3,(H,37,39)(H,38,40). The summed E-state index contributed by atoms with van der Waals surface area (Å²) in [6.07, 6.45) is -12.1. The van der Waals surface area contributed by atoms with Crippen LogP contribution in [0.5, 0.6) is 5.75 Å². The van der Waals surface area contributed by atoms with E-state index in [0.29, 0.717) is 0 Å². The van der Waals surface area contributed by atoms with E-state index in [0.717, 1.165) is 0 Å². The van der Waals surface area contributed by atoms with Crippen molar-refractivity contribution in [1.82, 2.24) is 10.6 Å². The van der Waals surface area contributed by atoms with Crippen LogP contribution in [0.15, 0.2) is 9.59 Å². The molecule has 320 valence electrons. The van der Waals surface area contributed by atoms with Gasteiger partial charge < -0.3 is 76.9 Å². The Morgan fingerprint density at radius 3 is 1.61 bits per heavy atom. The van der Waals surface area contributed by atoms with Crippen molar-refractivity contribution >= 4 is 11.8 Å². The van der Waals surface area contributed by atoms with E-state index in [1.165, 1.54) is 70.9 Å². The summed E-state index contributed by atoms with van der Waals surface area (Å²) >= 11 is 0. The van der Waals surface area contributed by atoms with Gasteiger partial charge in [0.2, 0.25) is 17.2 Å². The van der Waals surface area contributed by atoms with Crippen molar-refractivity contribution in [3.63, 3.8) is 0 Å². The number of carbonyl (C=O) groups is 2. The van der Waals surface area contributed by atoms with Gasteiger partial charge in [0.25, 0.3) is 5.43 Å².